The molecule has 2 aromatic carbocycles. The van der Waals surface area contributed by atoms with Gasteiger partial charge in [0.2, 0.25) is 10.0 Å². The highest BCUT2D eigenvalue weighted by molar-refractivity contribution is 8.00. The summed E-state index contributed by atoms with van der Waals surface area (Å²) in [5.41, 5.74) is 1.83. The predicted octanol–water partition coefficient (Wildman–Crippen LogP) is 6.71. The maximum atomic E-state index is 12.9. The molecule has 0 bridgehead atoms. The Kier molecular flexibility index (Phi) is 11.0. The Labute approximate surface area is 280 Å². The van der Waals surface area contributed by atoms with Crippen LogP contribution in [0.1, 0.15) is 50.3 Å². The lowest BCUT2D eigenvalue weighted by molar-refractivity contribution is -0.274. The van der Waals surface area contributed by atoms with Crippen molar-refractivity contribution in [1.29, 1.82) is 0 Å². The molecule has 0 aliphatic carbocycles. The third-order valence-electron chi connectivity index (χ3n) is 8.83. The fraction of sp³-hybridized carbons (Fsp3) is 0.500. The molecule has 0 saturated carbocycles. The highest BCUT2D eigenvalue weighted by Crippen LogP contribution is 2.37. The van der Waals surface area contributed by atoms with E-state index in [-0.39, 0.29) is 29.1 Å². The zero-order valence-corrected chi connectivity index (χ0v) is 30.4. The van der Waals surface area contributed by atoms with Crippen LogP contribution in [0.25, 0.3) is 6.08 Å². The number of amidine groups is 1. The first-order valence-corrected chi connectivity index (χ1v) is 20.9. The number of ether oxygens (including phenoxy) is 1. The lowest BCUT2D eigenvalue weighted by atomic mass is 9.89. The van der Waals surface area contributed by atoms with Crippen LogP contribution in [-0.4, -0.2) is 77.2 Å². The Balaban J connectivity index is 1.35. The Morgan fingerprint density at radius 1 is 1.13 bits per heavy atom. The Morgan fingerprint density at radius 2 is 1.81 bits per heavy atom. The van der Waals surface area contributed by atoms with Crippen molar-refractivity contribution in [2.24, 2.45) is 4.99 Å². The van der Waals surface area contributed by atoms with Crippen LogP contribution in [0.2, 0.25) is 18.1 Å². The van der Waals surface area contributed by atoms with Gasteiger partial charge in [-0.05, 0) is 84.8 Å². The van der Waals surface area contributed by atoms with Gasteiger partial charge in [0.15, 0.2) is 8.32 Å². The number of hydrogen-bond acceptors (Lipinski definition) is 8. The molecular weight excluding hydrogens is 670 g/mol. The number of benzene rings is 2. The first kappa shape index (κ1) is 37.0. The number of aryl methyl sites for hydroxylation is 1. The van der Waals surface area contributed by atoms with Crippen molar-refractivity contribution in [1.82, 2.24) is 9.62 Å². The van der Waals surface area contributed by atoms with Gasteiger partial charge in [0, 0.05) is 18.7 Å². The van der Waals surface area contributed by atoms with Crippen molar-refractivity contribution in [3.8, 4) is 5.75 Å². The number of anilines is 1. The number of halogens is 3. The number of carbonyl (C=O) groups excluding carboxylic acids is 1. The molecule has 258 valence electrons. The topological polar surface area (TPSA) is 101 Å². The van der Waals surface area contributed by atoms with Crippen LogP contribution in [-0.2, 0) is 19.2 Å². The van der Waals surface area contributed by atoms with E-state index in [1.807, 2.05) is 30.5 Å². The monoisotopic (exact) mass is 712 g/mol. The number of carbonyl (C=O) groups is 1. The van der Waals surface area contributed by atoms with E-state index >= 15 is 0 Å². The van der Waals surface area contributed by atoms with Crippen molar-refractivity contribution in [3.05, 3.63) is 64.6 Å². The number of rotatable bonds is 11. The van der Waals surface area contributed by atoms with Crippen molar-refractivity contribution in [3.63, 3.8) is 0 Å². The van der Waals surface area contributed by atoms with E-state index in [9.17, 15) is 26.4 Å². The molecule has 0 radical (unpaired) electrons. The lowest BCUT2D eigenvalue weighted by Gasteiger charge is -2.36. The van der Waals surface area contributed by atoms with E-state index in [0.29, 0.717) is 43.8 Å². The van der Waals surface area contributed by atoms with Crippen LogP contribution in [0.4, 0.5) is 18.9 Å². The summed E-state index contributed by atoms with van der Waals surface area (Å²) in [6.45, 7) is 14.4. The predicted molar refractivity (Wildman–Crippen MR) is 184 cm³/mol. The van der Waals surface area contributed by atoms with Crippen LogP contribution in [0.5, 0.6) is 5.75 Å². The largest absolute Gasteiger partial charge is 0.573 e. The maximum Gasteiger partial charge on any atom is 0.573 e. The number of nitrogens with zero attached hydrogens (tertiary/aromatic N) is 3. The molecule has 15 heteroatoms. The molecule has 1 saturated heterocycles. The number of amides is 1. The maximum absolute atomic E-state index is 12.9. The SMILES string of the molecule is Cc1cc(N(CCO[Si](C)(C)C(C)(C)C)S(C)(=O)=O)ccc1/C=C/SN1CCC2(CC1)N=C(c1cccc(OC(F)(F)F)c1)NC2=O. The summed E-state index contributed by atoms with van der Waals surface area (Å²) >= 11 is 1.51. The van der Waals surface area contributed by atoms with E-state index in [0.717, 1.165) is 11.1 Å². The zero-order chi connectivity index (χ0) is 34.8. The van der Waals surface area contributed by atoms with E-state index in [1.54, 1.807) is 12.1 Å². The average Bonchev–Trinajstić information content (AvgIpc) is 3.26. The summed E-state index contributed by atoms with van der Waals surface area (Å²) < 4.78 is 77.1. The molecule has 0 unspecified atom stereocenters. The first-order chi connectivity index (χ1) is 21.7. The number of nitrogens with one attached hydrogen (secondary N) is 1. The second kappa shape index (κ2) is 13.9. The lowest BCUT2D eigenvalue weighted by Crippen LogP contribution is -2.47. The molecule has 1 fully saturated rings. The van der Waals surface area contributed by atoms with Crippen molar-refractivity contribution in [2.45, 2.75) is 70.6 Å². The molecule has 4 rings (SSSR count). The highest BCUT2D eigenvalue weighted by atomic mass is 32.2. The molecule has 1 spiro atoms. The molecule has 2 heterocycles. The van der Waals surface area contributed by atoms with Crippen LogP contribution in [0, 0.1) is 6.92 Å². The quantitative estimate of drug-likeness (QED) is 0.204. The van der Waals surface area contributed by atoms with E-state index in [1.165, 1.54) is 40.7 Å². The normalized spacial score (nSPS) is 17.7. The summed E-state index contributed by atoms with van der Waals surface area (Å²) in [7, 11) is -5.54. The van der Waals surface area contributed by atoms with Crippen molar-refractivity contribution >= 4 is 53.8 Å². The van der Waals surface area contributed by atoms with Gasteiger partial charge >= 0.3 is 6.36 Å². The molecule has 0 aromatic heterocycles. The first-order valence-electron chi connectivity index (χ1n) is 15.3. The molecule has 1 amide bonds. The van der Waals surface area contributed by atoms with Crippen molar-refractivity contribution in [2.75, 3.05) is 36.8 Å². The van der Waals surface area contributed by atoms with Crippen LogP contribution < -0.4 is 14.4 Å². The summed E-state index contributed by atoms with van der Waals surface area (Å²) in [4.78, 5) is 17.6. The molecule has 47 heavy (non-hydrogen) atoms. The number of alkyl halides is 3. The minimum atomic E-state index is -4.82. The Hall–Kier alpha value is -2.85. The van der Waals surface area contributed by atoms with Gasteiger partial charge in [-0.15, -0.1) is 13.2 Å². The molecule has 9 nitrogen and oxygen atoms in total. The second-order valence-corrected chi connectivity index (χ2v) is 21.1. The van der Waals surface area contributed by atoms with Gasteiger partial charge < -0.3 is 14.5 Å². The number of hydrogen-bond donors (Lipinski definition) is 1. The van der Waals surface area contributed by atoms with Crippen molar-refractivity contribution < 1.29 is 35.5 Å². The Morgan fingerprint density at radius 3 is 2.40 bits per heavy atom. The molecule has 2 aliphatic heterocycles. The van der Waals surface area contributed by atoms with E-state index in [4.69, 9.17) is 4.43 Å². The zero-order valence-electron chi connectivity index (χ0n) is 27.8. The fourth-order valence-electron chi connectivity index (χ4n) is 5.07. The van der Waals surface area contributed by atoms with Gasteiger partial charge in [0.05, 0.1) is 25.1 Å². The average molecular weight is 713 g/mol. The standard InChI is InChI=1S/C32H43F3N4O5S2Si/c1-23-21-26(39(46(5,41)42)18-19-43-47(6,7)30(2,3)4)12-11-24(23)13-20-45-38-16-14-31(15-17-38)29(40)36-28(37-31)25-9-8-10-27(22-25)44-32(33,34)35/h8-13,20-22H,14-19H2,1-7H3,(H,36,37,40)/b20-13+. The van der Waals surface area contributed by atoms with E-state index in [2.05, 4.69) is 53.2 Å². The molecule has 2 aromatic rings. The highest BCUT2D eigenvalue weighted by Gasteiger charge is 2.46. The van der Waals surface area contributed by atoms with Gasteiger partial charge in [-0.3, -0.25) is 14.1 Å². The minimum Gasteiger partial charge on any atom is -0.415 e. The van der Waals surface area contributed by atoms with E-state index < -0.39 is 30.2 Å². The van der Waals surface area contributed by atoms with Gasteiger partial charge in [-0.2, -0.15) is 0 Å². The smallest absolute Gasteiger partial charge is 0.415 e. The number of piperidine rings is 1. The summed E-state index contributed by atoms with van der Waals surface area (Å²) in [6.07, 6.45) is -0.740. The summed E-state index contributed by atoms with van der Waals surface area (Å²) in [5.74, 6) is -0.407. The third-order valence-corrected chi connectivity index (χ3v) is 15.5. The fourth-order valence-corrected chi connectivity index (χ4v) is 7.78. The Bertz CT molecular complexity index is 1630. The molecule has 2 aliphatic rings. The van der Waals surface area contributed by atoms with Crippen LogP contribution in [0.3, 0.4) is 0 Å². The summed E-state index contributed by atoms with van der Waals surface area (Å²) in [6, 6.07) is 11.0. The minimum absolute atomic E-state index is 0.0256. The van der Waals surface area contributed by atoms with Gasteiger partial charge in [-0.1, -0.05) is 50.9 Å². The third kappa shape index (κ3) is 9.40. The summed E-state index contributed by atoms with van der Waals surface area (Å²) in [5, 5.41) is 4.72. The molecular formula is C32H43F3N4O5S2Si. The van der Waals surface area contributed by atoms with Gasteiger partial charge in [0.1, 0.15) is 17.1 Å². The molecule has 1 N–H and O–H groups in total. The number of sulfonamides is 1. The van der Waals surface area contributed by atoms with Gasteiger partial charge in [0.25, 0.3) is 5.91 Å². The molecule has 0 atom stereocenters. The van der Waals surface area contributed by atoms with Crippen LogP contribution in [0.15, 0.2) is 52.9 Å². The second-order valence-electron chi connectivity index (χ2n) is 13.3. The number of aliphatic imine (C=N–C) groups is 1. The van der Waals surface area contributed by atoms with Crippen LogP contribution >= 0.6 is 11.9 Å². The van der Waals surface area contributed by atoms with Gasteiger partial charge in [-0.25, -0.2) is 12.7 Å².